The lowest BCUT2D eigenvalue weighted by molar-refractivity contribution is -0.136. The van der Waals surface area contributed by atoms with Crippen molar-refractivity contribution in [3.8, 4) is 0 Å². The molecule has 6 nitrogen and oxygen atoms in total. The molecule has 0 fully saturated rings. The number of esters is 1. The maximum atomic E-state index is 11.3. The van der Waals surface area contributed by atoms with Crippen molar-refractivity contribution < 1.29 is 29.3 Å². The average Bonchev–Trinajstić information content (AvgIpc) is 2.96. The van der Waals surface area contributed by atoms with E-state index in [2.05, 4.69) is 0 Å². The highest BCUT2D eigenvalue weighted by molar-refractivity contribution is 5.90. The predicted molar refractivity (Wildman–Crippen MR) is 97.6 cm³/mol. The first-order chi connectivity index (χ1) is 12.3. The SMILES string of the molecule is CC(C)=CCC/C(=C\CC/C(=C/CCC1=CCOC1=O)C(=O)O)C(=O)O. The zero-order valence-electron chi connectivity index (χ0n) is 15.3. The van der Waals surface area contributed by atoms with E-state index in [4.69, 9.17) is 4.74 Å². The van der Waals surface area contributed by atoms with Crippen LogP contribution in [0.3, 0.4) is 0 Å². The van der Waals surface area contributed by atoms with Crippen LogP contribution < -0.4 is 0 Å². The Hall–Kier alpha value is -2.63. The average molecular weight is 362 g/mol. The van der Waals surface area contributed by atoms with Crippen molar-refractivity contribution in [3.05, 3.63) is 46.6 Å². The van der Waals surface area contributed by atoms with E-state index in [1.807, 2.05) is 19.9 Å². The molecule has 0 spiro atoms. The van der Waals surface area contributed by atoms with Gasteiger partial charge in [-0.3, -0.25) is 0 Å². The number of aliphatic carboxylic acids is 2. The summed E-state index contributed by atoms with van der Waals surface area (Å²) in [7, 11) is 0. The molecule has 0 aromatic carbocycles. The molecule has 1 aliphatic rings. The highest BCUT2D eigenvalue weighted by atomic mass is 16.5. The van der Waals surface area contributed by atoms with Crippen molar-refractivity contribution in [1.29, 1.82) is 0 Å². The minimum atomic E-state index is -1.03. The zero-order valence-corrected chi connectivity index (χ0v) is 15.3. The lowest BCUT2D eigenvalue weighted by Gasteiger charge is -2.03. The Labute approximate surface area is 153 Å². The number of ether oxygens (including phenoxy) is 1. The summed E-state index contributed by atoms with van der Waals surface area (Å²) in [6.45, 7) is 4.18. The highest BCUT2D eigenvalue weighted by Gasteiger charge is 2.16. The van der Waals surface area contributed by atoms with Crippen molar-refractivity contribution in [2.75, 3.05) is 6.61 Å². The summed E-state index contributed by atoms with van der Waals surface area (Å²) >= 11 is 0. The van der Waals surface area contributed by atoms with Gasteiger partial charge in [0, 0.05) is 16.7 Å². The zero-order chi connectivity index (χ0) is 19.5. The van der Waals surface area contributed by atoms with Gasteiger partial charge in [-0.2, -0.15) is 0 Å². The molecule has 2 N–H and O–H groups in total. The number of carbonyl (C=O) groups excluding carboxylic acids is 1. The molecule has 1 heterocycles. The van der Waals surface area contributed by atoms with Crippen LogP contribution in [-0.2, 0) is 19.1 Å². The molecule has 0 bridgehead atoms. The molecule has 0 aromatic rings. The fraction of sp³-hybridized carbons (Fsp3) is 0.450. The number of carboxylic acid groups (broad SMARTS) is 2. The second-order valence-corrected chi connectivity index (χ2v) is 6.29. The van der Waals surface area contributed by atoms with Gasteiger partial charge < -0.3 is 14.9 Å². The van der Waals surface area contributed by atoms with E-state index in [-0.39, 0.29) is 24.6 Å². The summed E-state index contributed by atoms with van der Waals surface area (Å²) in [6, 6.07) is 0. The maximum Gasteiger partial charge on any atom is 0.334 e. The normalized spacial score (nSPS) is 14.7. The van der Waals surface area contributed by atoms with Crippen molar-refractivity contribution >= 4 is 17.9 Å². The molecule has 0 atom stereocenters. The van der Waals surface area contributed by atoms with Crippen LogP contribution in [0.1, 0.15) is 52.4 Å². The Bertz CT molecular complexity index is 660. The third kappa shape index (κ3) is 7.96. The molecule has 26 heavy (non-hydrogen) atoms. The number of carboxylic acids is 2. The van der Waals surface area contributed by atoms with Crippen LogP contribution in [0.5, 0.6) is 0 Å². The summed E-state index contributed by atoms with van der Waals surface area (Å²) in [5.74, 6) is -2.34. The third-order valence-corrected chi connectivity index (χ3v) is 3.93. The van der Waals surface area contributed by atoms with Crippen molar-refractivity contribution in [2.24, 2.45) is 0 Å². The first kappa shape index (κ1) is 21.4. The summed E-state index contributed by atoms with van der Waals surface area (Å²) < 4.78 is 4.80. The van der Waals surface area contributed by atoms with Gasteiger partial charge in [0.25, 0.3) is 0 Å². The fourth-order valence-corrected chi connectivity index (χ4v) is 2.51. The van der Waals surface area contributed by atoms with Gasteiger partial charge in [0.05, 0.1) is 0 Å². The molecule has 0 amide bonds. The van der Waals surface area contributed by atoms with Crippen LogP contribution in [0.25, 0.3) is 0 Å². The van der Waals surface area contributed by atoms with E-state index >= 15 is 0 Å². The Morgan fingerprint density at radius 1 is 1.00 bits per heavy atom. The van der Waals surface area contributed by atoms with E-state index in [0.717, 1.165) is 5.57 Å². The quantitative estimate of drug-likeness (QED) is 0.329. The molecule has 142 valence electrons. The first-order valence-corrected chi connectivity index (χ1v) is 8.65. The fourth-order valence-electron chi connectivity index (χ4n) is 2.51. The standard InChI is InChI=1S/C20H26O6/c1-14(2)6-3-7-15(18(21)22)8-4-9-16(19(23)24)10-5-11-17-12-13-26-20(17)25/h6,8,10,12H,3-5,7,9,11,13H2,1-2H3,(H,21,22)(H,23,24)/b15-8+,16-10-. The molecule has 0 saturated heterocycles. The largest absolute Gasteiger partial charge is 0.478 e. The van der Waals surface area contributed by atoms with Gasteiger partial charge in [-0.15, -0.1) is 0 Å². The molecular weight excluding hydrogens is 336 g/mol. The van der Waals surface area contributed by atoms with Crippen LogP contribution in [-0.4, -0.2) is 34.7 Å². The summed E-state index contributed by atoms with van der Waals surface area (Å²) in [5.41, 5.74) is 2.22. The number of allylic oxidation sites excluding steroid dienone is 4. The lowest BCUT2D eigenvalue weighted by Crippen LogP contribution is -2.03. The number of rotatable bonds is 11. The van der Waals surface area contributed by atoms with Gasteiger partial charge in [0.1, 0.15) is 6.61 Å². The monoisotopic (exact) mass is 362 g/mol. The summed E-state index contributed by atoms with van der Waals surface area (Å²) in [6.07, 6.45) is 9.38. The topological polar surface area (TPSA) is 101 Å². The smallest absolute Gasteiger partial charge is 0.334 e. The van der Waals surface area contributed by atoms with E-state index in [0.29, 0.717) is 43.3 Å². The second kappa shape index (κ2) is 11.1. The Morgan fingerprint density at radius 3 is 2.00 bits per heavy atom. The van der Waals surface area contributed by atoms with Gasteiger partial charge in [0.2, 0.25) is 0 Å². The van der Waals surface area contributed by atoms with Crippen LogP contribution in [0.15, 0.2) is 46.6 Å². The molecule has 6 heteroatoms. The van der Waals surface area contributed by atoms with E-state index in [1.54, 1.807) is 18.2 Å². The lowest BCUT2D eigenvalue weighted by atomic mass is 10.0. The molecule has 1 aliphatic heterocycles. The Kier molecular flexibility index (Phi) is 9.12. The molecular formula is C20H26O6. The molecule has 0 aliphatic carbocycles. The number of cyclic esters (lactones) is 1. The molecule has 0 unspecified atom stereocenters. The van der Waals surface area contributed by atoms with Gasteiger partial charge in [0.15, 0.2) is 0 Å². The maximum absolute atomic E-state index is 11.3. The third-order valence-electron chi connectivity index (χ3n) is 3.93. The van der Waals surface area contributed by atoms with Gasteiger partial charge in [-0.1, -0.05) is 23.8 Å². The molecule has 0 saturated carbocycles. The number of hydrogen-bond acceptors (Lipinski definition) is 4. The highest BCUT2D eigenvalue weighted by Crippen LogP contribution is 2.17. The van der Waals surface area contributed by atoms with E-state index < -0.39 is 11.9 Å². The van der Waals surface area contributed by atoms with E-state index in [1.165, 1.54) is 0 Å². The molecule has 0 radical (unpaired) electrons. The molecule has 1 rings (SSSR count). The minimum Gasteiger partial charge on any atom is -0.478 e. The number of carbonyl (C=O) groups is 3. The predicted octanol–water partition coefficient (Wildman–Crippen LogP) is 3.80. The van der Waals surface area contributed by atoms with E-state index in [9.17, 15) is 24.6 Å². The first-order valence-electron chi connectivity index (χ1n) is 8.65. The minimum absolute atomic E-state index is 0.224. The summed E-state index contributed by atoms with van der Waals surface area (Å²) in [4.78, 5) is 33.9. The van der Waals surface area contributed by atoms with Crippen LogP contribution in [0, 0.1) is 0 Å². The molecule has 0 aromatic heterocycles. The Balaban J connectivity index is 2.58. The second-order valence-electron chi connectivity index (χ2n) is 6.29. The van der Waals surface area contributed by atoms with Crippen molar-refractivity contribution in [2.45, 2.75) is 52.4 Å². The van der Waals surface area contributed by atoms with Crippen molar-refractivity contribution in [1.82, 2.24) is 0 Å². The Morgan fingerprint density at radius 2 is 1.54 bits per heavy atom. The van der Waals surface area contributed by atoms with Crippen LogP contribution in [0.4, 0.5) is 0 Å². The van der Waals surface area contributed by atoms with Gasteiger partial charge >= 0.3 is 17.9 Å². The summed E-state index contributed by atoms with van der Waals surface area (Å²) in [5, 5.41) is 18.5. The number of hydrogen-bond donors (Lipinski definition) is 2. The van der Waals surface area contributed by atoms with Crippen LogP contribution in [0.2, 0.25) is 0 Å². The van der Waals surface area contributed by atoms with Crippen LogP contribution >= 0.6 is 0 Å². The van der Waals surface area contributed by atoms with Gasteiger partial charge in [-0.05, 0) is 58.4 Å². The van der Waals surface area contributed by atoms with Gasteiger partial charge in [-0.25, -0.2) is 14.4 Å². The van der Waals surface area contributed by atoms with Crippen molar-refractivity contribution in [3.63, 3.8) is 0 Å².